The van der Waals surface area contributed by atoms with E-state index < -0.39 is 11.7 Å². The molecule has 2 unspecified atom stereocenters. The lowest BCUT2D eigenvalue weighted by Crippen LogP contribution is -2.52. The lowest BCUT2D eigenvalue weighted by Gasteiger charge is -2.47. The molecule has 2 fully saturated rings. The Bertz CT molecular complexity index is 557. The molecule has 0 aliphatic carbocycles. The number of alkyl halides is 3. The molecule has 114 valence electrons. The smallest absolute Gasteiger partial charge is 0.364 e. The van der Waals surface area contributed by atoms with Crippen LogP contribution in [0.4, 0.5) is 18.9 Å². The van der Waals surface area contributed by atoms with Gasteiger partial charge >= 0.3 is 6.18 Å². The number of halogens is 4. The topological polar surface area (TPSA) is 20.3 Å². The minimum Gasteiger partial charge on any atom is -0.364 e. The predicted molar refractivity (Wildman–Crippen MR) is 77.3 cm³/mol. The van der Waals surface area contributed by atoms with Crippen molar-refractivity contribution < 1.29 is 18.0 Å². The summed E-state index contributed by atoms with van der Waals surface area (Å²) in [5.74, 6) is 0.226. The molecule has 0 amide bonds. The fourth-order valence-electron chi connectivity index (χ4n) is 3.46. The van der Waals surface area contributed by atoms with Crippen molar-refractivity contribution in [3.63, 3.8) is 0 Å². The maximum Gasteiger partial charge on any atom is 0.416 e. The van der Waals surface area contributed by atoms with Gasteiger partial charge in [0.25, 0.3) is 0 Å². The summed E-state index contributed by atoms with van der Waals surface area (Å²) in [6.45, 7) is 0. The fraction of sp³-hybridized carbons (Fsp3) is 0.533. The van der Waals surface area contributed by atoms with E-state index in [9.17, 15) is 18.0 Å². The van der Waals surface area contributed by atoms with Crippen molar-refractivity contribution in [2.75, 3.05) is 4.90 Å². The average molecular weight is 362 g/mol. The molecule has 2 aliphatic rings. The number of hydrogen-bond donors (Lipinski definition) is 0. The molecule has 1 aromatic carbocycles. The van der Waals surface area contributed by atoms with Crippen LogP contribution in [0.2, 0.25) is 0 Å². The molecule has 6 heteroatoms. The van der Waals surface area contributed by atoms with Crippen LogP contribution < -0.4 is 4.90 Å². The largest absolute Gasteiger partial charge is 0.416 e. The van der Waals surface area contributed by atoms with Crippen molar-refractivity contribution in [3.8, 4) is 0 Å². The molecule has 0 saturated carbocycles. The standard InChI is InChI=1S/C15H15BrF3NO/c16-13-5-4-9(15(17,18)19)6-14(13)20-10-2-1-3-11(20)8-12(21)7-10/h4-6,10-11H,1-3,7-8H2. The van der Waals surface area contributed by atoms with Gasteiger partial charge in [0.1, 0.15) is 5.78 Å². The molecule has 0 radical (unpaired) electrons. The molecular weight excluding hydrogens is 347 g/mol. The van der Waals surface area contributed by atoms with Crippen molar-refractivity contribution in [3.05, 3.63) is 28.2 Å². The fourth-order valence-corrected chi connectivity index (χ4v) is 3.91. The second-order valence-corrected chi connectivity index (χ2v) is 6.61. The van der Waals surface area contributed by atoms with Gasteiger partial charge < -0.3 is 4.90 Å². The Morgan fingerprint density at radius 1 is 1.14 bits per heavy atom. The van der Waals surface area contributed by atoms with E-state index in [4.69, 9.17) is 0 Å². The minimum atomic E-state index is -4.35. The van der Waals surface area contributed by atoms with E-state index in [1.54, 1.807) is 0 Å². The number of Topliss-reactive ketones (excluding diaryl/α,β-unsaturated/α-hetero) is 1. The number of nitrogens with zero attached hydrogens (tertiary/aromatic N) is 1. The van der Waals surface area contributed by atoms with Crippen LogP contribution in [0, 0.1) is 0 Å². The van der Waals surface area contributed by atoms with Gasteiger partial charge in [-0.1, -0.05) is 0 Å². The number of benzene rings is 1. The highest BCUT2D eigenvalue weighted by atomic mass is 79.9. The van der Waals surface area contributed by atoms with Crippen LogP contribution in [-0.4, -0.2) is 17.9 Å². The molecule has 2 saturated heterocycles. The van der Waals surface area contributed by atoms with Crippen molar-refractivity contribution in [1.82, 2.24) is 0 Å². The summed E-state index contributed by atoms with van der Waals surface area (Å²) in [6, 6.07) is 3.79. The molecule has 2 heterocycles. The zero-order valence-electron chi connectivity index (χ0n) is 11.3. The van der Waals surface area contributed by atoms with Crippen LogP contribution in [0.25, 0.3) is 0 Å². The van der Waals surface area contributed by atoms with E-state index in [2.05, 4.69) is 15.9 Å². The zero-order chi connectivity index (χ0) is 15.2. The predicted octanol–water partition coefficient (Wildman–Crippen LogP) is 4.56. The number of anilines is 1. The quantitative estimate of drug-likeness (QED) is 0.730. The van der Waals surface area contributed by atoms with E-state index in [0.717, 1.165) is 25.3 Å². The van der Waals surface area contributed by atoms with Crippen molar-refractivity contribution >= 4 is 27.4 Å². The Labute approximate surface area is 129 Å². The average Bonchev–Trinajstić information content (AvgIpc) is 2.37. The lowest BCUT2D eigenvalue weighted by atomic mass is 9.83. The Morgan fingerprint density at radius 3 is 2.33 bits per heavy atom. The molecule has 0 N–H and O–H groups in total. The number of carbonyl (C=O) groups excluding carboxylic acids is 1. The first-order valence-electron chi connectivity index (χ1n) is 7.03. The number of hydrogen-bond acceptors (Lipinski definition) is 2. The minimum absolute atomic E-state index is 0.0322. The third-order valence-corrected chi connectivity index (χ3v) is 5.01. The summed E-state index contributed by atoms with van der Waals surface area (Å²) >= 11 is 3.36. The van der Waals surface area contributed by atoms with Gasteiger partial charge in [-0.05, 0) is 53.4 Å². The summed E-state index contributed by atoms with van der Waals surface area (Å²) in [5, 5.41) is 0. The summed E-state index contributed by atoms with van der Waals surface area (Å²) in [5.41, 5.74) is -0.0808. The summed E-state index contributed by atoms with van der Waals surface area (Å²) in [6.07, 6.45) is -0.694. The van der Waals surface area contributed by atoms with E-state index in [-0.39, 0.29) is 17.9 Å². The highest BCUT2D eigenvalue weighted by Gasteiger charge is 2.39. The third kappa shape index (κ3) is 2.82. The van der Waals surface area contributed by atoms with Crippen molar-refractivity contribution in [1.29, 1.82) is 0 Å². The molecule has 1 aromatic rings. The van der Waals surface area contributed by atoms with Crippen LogP contribution in [0.15, 0.2) is 22.7 Å². The SMILES string of the molecule is O=C1CC2CCCC(C1)N2c1cc(C(F)(F)F)ccc1Br. The maximum absolute atomic E-state index is 12.9. The number of carbonyl (C=O) groups is 1. The van der Waals surface area contributed by atoms with E-state index >= 15 is 0 Å². The highest BCUT2D eigenvalue weighted by Crippen LogP contribution is 2.42. The first kappa shape index (κ1) is 14.9. The summed E-state index contributed by atoms with van der Waals surface area (Å²) in [7, 11) is 0. The maximum atomic E-state index is 12.9. The van der Waals surface area contributed by atoms with Crippen molar-refractivity contribution in [2.24, 2.45) is 0 Å². The number of ketones is 1. The van der Waals surface area contributed by atoms with Crippen LogP contribution >= 0.6 is 15.9 Å². The second-order valence-electron chi connectivity index (χ2n) is 5.76. The highest BCUT2D eigenvalue weighted by molar-refractivity contribution is 9.10. The Kier molecular flexibility index (Phi) is 3.76. The summed E-state index contributed by atoms with van der Waals surface area (Å²) in [4.78, 5) is 13.8. The molecule has 2 bridgehead atoms. The monoisotopic (exact) mass is 361 g/mol. The molecule has 0 aromatic heterocycles. The van der Waals surface area contributed by atoms with E-state index in [1.807, 2.05) is 4.90 Å². The van der Waals surface area contributed by atoms with Crippen LogP contribution in [-0.2, 0) is 11.0 Å². The number of rotatable bonds is 1. The molecule has 2 aliphatic heterocycles. The molecule has 2 nitrogen and oxygen atoms in total. The molecule has 0 spiro atoms. The first-order chi connectivity index (χ1) is 9.86. The Morgan fingerprint density at radius 2 is 1.76 bits per heavy atom. The molecular formula is C15H15BrF3NO. The van der Waals surface area contributed by atoms with Gasteiger partial charge in [0.15, 0.2) is 0 Å². The van der Waals surface area contributed by atoms with Gasteiger partial charge in [0.2, 0.25) is 0 Å². The summed E-state index contributed by atoms with van der Waals surface area (Å²) < 4.78 is 39.4. The van der Waals surface area contributed by atoms with Gasteiger partial charge in [0, 0.05) is 29.4 Å². The molecule has 3 rings (SSSR count). The molecule has 21 heavy (non-hydrogen) atoms. The first-order valence-corrected chi connectivity index (χ1v) is 7.82. The van der Waals surface area contributed by atoms with Crippen LogP contribution in [0.5, 0.6) is 0 Å². The van der Waals surface area contributed by atoms with Gasteiger partial charge in [-0.2, -0.15) is 13.2 Å². The number of piperidine rings is 2. The third-order valence-electron chi connectivity index (χ3n) is 4.34. The Hall–Kier alpha value is -1.04. The molecule has 2 atom stereocenters. The van der Waals surface area contributed by atoms with E-state index in [1.165, 1.54) is 12.1 Å². The number of fused-ring (bicyclic) bond motifs is 2. The second kappa shape index (κ2) is 5.30. The van der Waals surface area contributed by atoms with Gasteiger partial charge in [-0.3, -0.25) is 4.79 Å². The van der Waals surface area contributed by atoms with Crippen LogP contribution in [0.3, 0.4) is 0 Å². The van der Waals surface area contributed by atoms with Crippen LogP contribution in [0.1, 0.15) is 37.7 Å². The van der Waals surface area contributed by atoms with E-state index in [0.29, 0.717) is 23.0 Å². The van der Waals surface area contributed by atoms with Gasteiger partial charge in [-0.25, -0.2) is 0 Å². The lowest BCUT2D eigenvalue weighted by molar-refractivity contribution is -0.137. The van der Waals surface area contributed by atoms with Gasteiger partial charge in [-0.15, -0.1) is 0 Å². The van der Waals surface area contributed by atoms with Crippen molar-refractivity contribution in [2.45, 2.75) is 50.4 Å². The Balaban J connectivity index is 2.01. The normalized spacial score (nSPS) is 26.1. The zero-order valence-corrected chi connectivity index (χ0v) is 12.9. The van der Waals surface area contributed by atoms with Gasteiger partial charge in [0.05, 0.1) is 11.3 Å².